The van der Waals surface area contributed by atoms with E-state index in [4.69, 9.17) is 0 Å². The lowest BCUT2D eigenvalue weighted by Crippen LogP contribution is -2.54. The van der Waals surface area contributed by atoms with E-state index < -0.39 is 0 Å². The number of aliphatic hydroxyl groups excluding tert-OH is 2. The zero-order chi connectivity index (χ0) is 42.4. The van der Waals surface area contributed by atoms with Gasteiger partial charge in [0, 0.05) is 138 Å². The van der Waals surface area contributed by atoms with Crippen LogP contribution in [0.2, 0.25) is 0 Å². The van der Waals surface area contributed by atoms with Gasteiger partial charge in [-0.25, -0.2) is 0 Å². The summed E-state index contributed by atoms with van der Waals surface area (Å²) in [5.74, 6) is 0. The smallest absolute Gasteiger partial charge is 0.0679 e. The first-order valence-corrected chi connectivity index (χ1v) is 22.3. The molecule has 5 rings (SSSR count). The van der Waals surface area contributed by atoms with Gasteiger partial charge >= 0.3 is 0 Å². The van der Waals surface area contributed by atoms with Gasteiger partial charge in [-0.1, -0.05) is 6.92 Å². The van der Waals surface area contributed by atoms with Crippen LogP contribution >= 0.6 is 0 Å². The Kier molecular flexibility index (Phi) is 22.4. The summed E-state index contributed by atoms with van der Waals surface area (Å²) in [6.07, 6.45) is 1.72. The maximum Gasteiger partial charge on any atom is 0.0679 e. The van der Waals surface area contributed by atoms with Crippen molar-refractivity contribution >= 4 is 0 Å². The highest BCUT2D eigenvalue weighted by atomic mass is 16.3. The van der Waals surface area contributed by atoms with Crippen LogP contribution in [0.4, 0.5) is 0 Å². The lowest BCUT2D eigenvalue weighted by Gasteiger charge is -2.43. The van der Waals surface area contributed by atoms with Crippen LogP contribution in [0, 0.1) is 0 Å². The third-order valence-electron chi connectivity index (χ3n) is 12.1. The summed E-state index contributed by atoms with van der Waals surface area (Å²) < 4.78 is 0. The first-order valence-electron chi connectivity index (χ1n) is 22.3. The van der Waals surface area contributed by atoms with Gasteiger partial charge in [-0.2, -0.15) is 0 Å². The van der Waals surface area contributed by atoms with Crippen molar-refractivity contribution in [1.29, 1.82) is 0 Å². The number of β-amino-alcohol motifs (C(OH)–C–C–N with tert-alkyl or cyclic N) is 2. The Morgan fingerprint density at radius 2 is 0.764 bits per heavy atom. The standard InChI is InChI=1S/C11H24N2.C10H22N2.C8H18N2.2C8H17NO/c1-10(2)12-6-8-13(9-7-12)11(3,4)5;1-5-11-6-8-12(9-7-11)10(2,3)4;1-8(2,3)10-6-4-9-5-7-10;2*1-8(2,3)9-5-4-7(10)6-9/h10H,6-9H2,1-5H3;5-9H2,1-4H3;9H,4-7H2,1-3H3;2*7,10H,4-6H2,1-3H3/t;;;2*7-/m...10/s1. The average molecular weight is 783 g/mol. The number of likely N-dealkylation sites (tertiary alicyclic amines) is 2. The molecule has 10 nitrogen and oxygen atoms in total. The maximum absolute atomic E-state index is 9.22. The van der Waals surface area contributed by atoms with Crippen molar-refractivity contribution in [2.75, 3.05) is 111 Å². The Hall–Kier alpha value is -0.400. The van der Waals surface area contributed by atoms with Crippen molar-refractivity contribution in [2.24, 2.45) is 0 Å². The number of nitrogens with one attached hydrogen (secondary N) is 1. The molecule has 0 aromatic carbocycles. The number of rotatable bonds is 2. The van der Waals surface area contributed by atoms with Crippen molar-refractivity contribution in [2.45, 2.75) is 183 Å². The molecule has 0 radical (unpaired) electrons. The van der Waals surface area contributed by atoms with E-state index in [0.717, 1.165) is 52.1 Å². The number of nitrogens with zero attached hydrogens (tertiary/aromatic N) is 7. The van der Waals surface area contributed by atoms with Crippen molar-refractivity contribution in [1.82, 2.24) is 39.6 Å². The van der Waals surface area contributed by atoms with E-state index in [9.17, 15) is 10.2 Å². The average Bonchev–Trinajstić information content (AvgIpc) is 3.74. The van der Waals surface area contributed by atoms with Gasteiger partial charge in [-0.05, 0) is 137 Å². The van der Waals surface area contributed by atoms with Crippen LogP contribution in [-0.2, 0) is 0 Å². The SMILES string of the molecule is CC(C)(C)N1CCNCC1.CC(C)(C)N1CC[C@@H](O)C1.CC(C)(C)N1CC[C@H](O)C1.CC(C)N1CCN(C(C)(C)C)CC1.CCN1CCN(C(C)(C)C)CC1. The number of piperazine rings is 3. The fourth-order valence-electron chi connectivity index (χ4n) is 7.68. The summed E-state index contributed by atoms with van der Waals surface area (Å²) in [6, 6.07) is 0.710. The van der Waals surface area contributed by atoms with Crippen molar-refractivity contribution in [3.8, 4) is 0 Å². The largest absolute Gasteiger partial charge is 0.392 e. The Bertz CT molecular complexity index is 934. The second-order valence-electron chi connectivity index (χ2n) is 21.9. The van der Waals surface area contributed by atoms with Crippen LogP contribution in [0.1, 0.15) is 137 Å². The van der Waals surface area contributed by atoms with Gasteiger partial charge in [-0.15, -0.1) is 0 Å². The minimum Gasteiger partial charge on any atom is -0.392 e. The second-order valence-corrected chi connectivity index (χ2v) is 21.9. The molecule has 5 heterocycles. The third kappa shape index (κ3) is 21.4. The molecular weight excluding hydrogens is 685 g/mol. The van der Waals surface area contributed by atoms with Crippen molar-refractivity contribution < 1.29 is 10.2 Å². The number of aliphatic hydroxyl groups is 2. The highest BCUT2D eigenvalue weighted by Gasteiger charge is 2.30. The van der Waals surface area contributed by atoms with Gasteiger partial charge in [0.1, 0.15) is 0 Å². The predicted molar refractivity (Wildman–Crippen MR) is 240 cm³/mol. The molecule has 2 atom stereocenters. The van der Waals surface area contributed by atoms with E-state index in [1.807, 2.05) is 0 Å². The summed E-state index contributed by atoms with van der Waals surface area (Å²) in [4.78, 5) is 17.4. The zero-order valence-electron chi connectivity index (χ0n) is 40.2. The van der Waals surface area contributed by atoms with Crippen molar-refractivity contribution in [3.05, 3.63) is 0 Å². The minimum absolute atomic E-state index is 0.0841. The zero-order valence-corrected chi connectivity index (χ0v) is 40.2. The van der Waals surface area contributed by atoms with Gasteiger partial charge in [0.15, 0.2) is 0 Å². The summed E-state index contributed by atoms with van der Waals surface area (Å²) >= 11 is 0. The van der Waals surface area contributed by atoms with Gasteiger partial charge in [0.25, 0.3) is 0 Å². The first kappa shape index (κ1) is 52.6. The van der Waals surface area contributed by atoms with E-state index in [2.05, 4.69) is 164 Å². The second kappa shape index (κ2) is 23.4. The highest BCUT2D eigenvalue weighted by molar-refractivity contribution is 4.86. The Balaban J connectivity index is 0.000000345. The molecule has 0 saturated carbocycles. The Morgan fingerprint density at radius 3 is 0.982 bits per heavy atom. The van der Waals surface area contributed by atoms with E-state index in [1.54, 1.807) is 0 Å². The normalized spacial score (nSPS) is 25.3. The fourth-order valence-corrected chi connectivity index (χ4v) is 7.68. The molecule has 3 N–H and O–H groups in total. The molecule has 10 heteroatoms. The van der Waals surface area contributed by atoms with Crippen LogP contribution in [0.3, 0.4) is 0 Å². The van der Waals surface area contributed by atoms with Gasteiger partial charge in [0.05, 0.1) is 12.2 Å². The first-order chi connectivity index (χ1) is 25.0. The molecule has 330 valence electrons. The monoisotopic (exact) mass is 783 g/mol. The molecule has 55 heavy (non-hydrogen) atoms. The number of likely N-dealkylation sites (N-methyl/N-ethyl adjacent to an activating group) is 1. The Labute approximate surface area is 343 Å². The van der Waals surface area contributed by atoms with Crippen LogP contribution in [0.5, 0.6) is 0 Å². The summed E-state index contributed by atoms with van der Waals surface area (Å²) in [6.45, 7) is 60.1. The maximum atomic E-state index is 9.22. The molecule has 0 aromatic heterocycles. The van der Waals surface area contributed by atoms with E-state index >= 15 is 0 Å². The minimum atomic E-state index is -0.0841. The highest BCUT2D eigenvalue weighted by Crippen LogP contribution is 2.21. The van der Waals surface area contributed by atoms with Crippen LogP contribution in [-0.4, -0.2) is 202 Å². The fraction of sp³-hybridized carbons (Fsp3) is 1.00. The molecule has 0 aliphatic carbocycles. The van der Waals surface area contributed by atoms with Crippen LogP contribution < -0.4 is 5.32 Å². The third-order valence-corrected chi connectivity index (χ3v) is 12.1. The molecule has 0 bridgehead atoms. The number of hydrogen-bond acceptors (Lipinski definition) is 10. The summed E-state index contributed by atoms with van der Waals surface area (Å²) in [5, 5.41) is 21.8. The lowest BCUT2D eigenvalue weighted by atomic mass is 10.0. The van der Waals surface area contributed by atoms with Crippen LogP contribution in [0.25, 0.3) is 0 Å². The molecule has 0 spiro atoms. The predicted octanol–water partition coefficient (Wildman–Crippen LogP) is 5.63. The molecule has 0 amide bonds. The topological polar surface area (TPSA) is 75.2 Å². The molecule has 5 saturated heterocycles. The molecule has 0 aromatic rings. The quantitative estimate of drug-likeness (QED) is 0.329. The molecule has 5 aliphatic heterocycles. The van der Waals surface area contributed by atoms with Gasteiger partial charge < -0.3 is 20.4 Å². The summed E-state index contributed by atoms with van der Waals surface area (Å²) in [7, 11) is 0. The van der Waals surface area contributed by atoms with Gasteiger partial charge in [-0.3, -0.25) is 29.4 Å². The number of hydrogen-bond donors (Lipinski definition) is 3. The van der Waals surface area contributed by atoms with Crippen molar-refractivity contribution in [3.63, 3.8) is 0 Å². The van der Waals surface area contributed by atoms with Crippen LogP contribution in [0.15, 0.2) is 0 Å². The summed E-state index contributed by atoms with van der Waals surface area (Å²) in [5.41, 5.74) is 1.54. The molecule has 5 fully saturated rings. The van der Waals surface area contributed by atoms with E-state index in [1.165, 1.54) is 72.0 Å². The van der Waals surface area contributed by atoms with E-state index in [-0.39, 0.29) is 23.3 Å². The van der Waals surface area contributed by atoms with Gasteiger partial charge in [0.2, 0.25) is 0 Å². The Morgan fingerprint density at radius 1 is 0.455 bits per heavy atom. The molecular formula is C45H98N8O2. The lowest BCUT2D eigenvalue weighted by molar-refractivity contribution is 0.0491. The molecule has 5 aliphatic rings. The molecule has 0 unspecified atom stereocenters. The van der Waals surface area contributed by atoms with E-state index in [0.29, 0.717) is 22.7 Å².